The molecule has 0 aliphatic heterocycles. The lowest BCUT2D eigenvalue weighted by Crippen LogP contribution is -2.32. The summed E-state index contributed by atoms with van der Waals surface area (Å²) in [6, 6.07) is 5.14. The topological polar surface area (TPSA) is 12.0 Å². The van der Waals surface area contributed by atoms with E-state index in [9.17, 15) is 13.2 Å². The number of halogens is 5. The Morgan fingerprint density at radius 1 is 1.00 bits per heavy atom. The molecule has 1 N–H and O–H groups in total. The summed E-state index contributed by atoms with van der Waals surface area (Å²) in [7, 11) is 0. The second kappa shape index (κ2) is 5.80. The maximum Gasteiger partial charge on any atom is 0.391 e. The van der Waals surface area contributed by atoms with Crippen molar-refractivity contribution in [3.05, 3.63) is 28.2 Å². The molecule has 0 heterocycles. The molecule has 0 saturated heterocycles. The molecule has 0 unspecified atom stereocenters. The summed E-state index contributed by atoms with van der Waals surface area (Å²) in [6.45, 7) is 0. The third-order valence-corrected chi connectivity index (χ3v) is 4.13. The first-order chi connectivity index (χ1) is 8.88. The zero-order valence-electron chi connectivity index (χ0n) is 10.1. The highest BCUT2D eigenvalue weighted by molar-refractivity contribution is 6.39. The lowest BCUT2D eigenvalue weighted by atomic mass is 9.85. The fourth-order valence-corrected chi connectivity index (χ4v) is 2.91. The van der Waals surface area contributed by atoms with Crippen molar-refractivity contribution in [2.75, 3.05) is 5.32 Å². The quantitative estimate of drug-likeness (QED) is 0.757. The molecular weight excluding hydrogens is 298 g/mol. The van der Waals surface area contributed by atoms with Crippen LogP contribution in [0.2, 0.25) is 10.0 Å². The Balaban J connectivity index is 1.96. The van der Waals surface area contributed by atoms with Gasteiger partial charge in [0.1, 0.15) is 0 Å². The maximum atomic E-state index is 12.6. The molecular formula is C13H14Cl2F3N. The molecule has 1 nitrogen and oxygen atoms in total. The van der Waals surface area contributed by atoms with Gasteiger partial charge in [-0.25, -0.2) is 0 Å². The smallest absolute Gasteiger partial charge is 0.380 e. The fraction of sp³-hybridized carbons (Fsp3) is 0.538. The van der Waals surface area contributed by atoms with Crippen molar-refractivity contribution < 1.29 is 13.2 Å². The summed E-state index contributed by atoms with van der Waals surface area (Å²) in [5.74, 6) is -1.17. The van der Waals surface area contributed by atoms with Crippen LogP contribution in [-0.2, 0) is 0 Å². The zero-order valence-corrected chi connectivity index (χ0v) is 11.6. The van der Waals surface area contributed by atoms with Crippen LogP contribution in [0.15, 0.2) is 18.2 Å². The second-order valence-corrected chi connectivity index (χ2v) is 5.65. The Morgan fingerprint density at radius 2 is 1.53 bits per heavy atom. The molecule has 0 aromatic heterocycles. The minimum atomic E-state index is -4.08. The maximum absolute atomic E-state index is 12.6. The van der Waals surface area contributed by atoms with Gasteiger partial charge in [-0.05, 0) is 37.8 Å². The van der Waals surface area contributed by atoms with Gasteiger partial charge < -0.3 is 5.32 Å². The molecule has 1 aromatic carbocycles. The fourth-order valence-electron chi connectivity index (χ4n) is 2.40. The van der Waals surface area contributed by atoms with Gasteiger partial charge in [-0.2, -0.15) is 13.2 Å². The Morgan fingerprint density at radius 3 is 2.00 bits per heavy atom. The van der Waals surface area contributed by atoms with Crippen molar-refractivity contribution in [2.24, 2.45) is 5.92 Å². The van der Waals surface area contributed by atoms with Gasteiger partial charge in [-0.3, -0.25) is 0 Å². The number of alkyl halides is 3. The van der Waals surface area contributed by atoms with E-state index in [1.165, 1.54) is 0 Å². The number of hydrogen-bond acceptors (Lipinski definition) is 1. The average molecular weight is 312 g/mol. The Hall–Kier alpha value is -0.610. The van der Waals surface area contributed by atoms with Crippen molar-refractivity contribution in [2.45, 2.75) is 37.9 Å². The molecule has 2 rings (SSSR count). The van der Waals surface area contributed by atoms with Gasteiger partial charge >= 0.3 is 6.18 Å². The van der Waals surface area contributed by atoms with Crippen LogP contribution >= 0.6 is 23.2 Å². The molecule has 106 valence electrons. The summed E-state index contributed by atoms with van der Waals surface area (Å²) in [5, 5.41) is 4.14. The normalized spacial score (nSPS) is 24.3. The van der Waals surface area contributed by atoms with Crippen molar-refractivity contribution in [1.29, 1.82) is 0 Å². The molecule has 0 spiro atoms. The van der Waals surface area contributed by atoms with Gasteiger partial charge in [0.25, 0.3) is 0 Å². The van der Waals surface area contributed by atoms with Crippen molar-refractivity contribution >= 4 is 28.9 Å². The SMILES string of the molecule is FC(F)(F)C1CCC(Nc2c(Cl)cccc2Cl)CC1. The molecule has 1 fully saturated rings. The van der Waals surface area contributed by atoms with E-state index in [0.717, 1.165) is 0 Å². The Bertz CT molecular complexity index is 420. The lowest BCUT2D eigenvalue weighted by Gasteiger charge is -2.31. The predicted molar refractivity (Wildman–Crippen MR) is 71.9 cm³/mol. The largest absolute Gasteiger partial charge is 0.391 e. The number of nitrogens with one attached hydrogen (secondary N) is 1. The molecule has 19 heavy (non-hydrogen) atoms. The highest BCUT2D eigenvalue weighted by atomic mass is 35.5. The summed E-state index contributed by atoms with van der Waals surface area (Å²) < 4.78 is 37.7. The second-order valence-electron chi connectivity index (χ2n) is 4.83. The predicted octanol–water partition coefficient (Wildman–Crippen LogP) is 5.53. The van der Waals surface area contributed by atoms with Gasteiger partial charge in [0.2, 0.25) is 0 Å². The van der Waals surface area contributed by atoms with E-state index in [0.29, 0.717) is 28.6 Å². The Labute approximate surface area is 120 Å². The average Bonchev–Trinajstić information content (AvgIpc) is 2.33. The van der Waals surface area contributed by atoms with E-state index >= 15 is 0 Å². The number of hydrogen-bond donors (Lipinski definition) is 1. The summed E-state index contributed by atoms with van der Waals surface area (Å²) in [5.41, 5.74) is 0.612. The highest BCUT2D eigenvalue weighted by Gasteiger charge is 2.41. The lowest BCUT2D eigenvalue weighted by molar-refractivity contribution is -0.182. The van der Waals surface area contributed by atoms with Crippen LogP contribution in [0.25, 0.3) is 0 Å². The molecule has 0 atom stereocenters. The van der Waals surface area contributed by atoms with Crippen LogP contribution in [0.5, 0.6) is 0 Å². The third-order valence-electron chi connectivity index (χ3n) is 3.50. The number of rotatable bonds is 2. The van der Waals surface area contributed by atoms with E-state index in [-0.39, 0.29) is 18.9 Å². The number of anilines is 1. The molecule has 6 heteroatoms. The first kappa shape index (κ1) is 14.8. The molecule has 0 radical (unpaired) electrons. The third kappa shape index (κ3) is 3.69. The van der Waals surface area contributed by atoms with Crippen molar-refractivity contribution in [3.8, 4) is 0 Å². The highest BCUT2D eigenvalue weighted by Crippen LogP contribution is 2.39. The van der Waals surface area contributed by atoms with Crippen LogP contribution < -0.4 is 5.32 Å². The van der Waals surface area contributed by atoms with E-state index in [1.807, 2.05) is 0 Å². The van der Waals surface area contributed by atoms with E-state index < -0.39 is 12.1 Å². The van der Waals surface area contributed by atoms with Gasteiger partial charge in [-0.1, -0.05) is 29.3 Å². The summed E-state index contributed by atoms with van der Waals surface area (Å²) in [4.78, 5) is 0. The first-order valence-corrected chi connectivity index (χ1v) is 6.91. The summed E-state index contributed by atoms with van der Waals surface area (Å²) in [6.07, 6.45) is -2.81. The molecule has 0 bridgehead atoms. The standard InChI is InChI=1S/C13H14Cl2F3N/c14-10-2-1-3-11(15)12(10)19-9-6-4-8(5-7-9)13(16,17)18/h1-3,8-9,19H,4-7H2. The molecule has 1 aliphatic rings. The van der Waals surface area contributed by atoms with Gasteiger partial charge in [0.05, 0.1) is 21.7 Å². The Kier molecular flexibility index (Phi) is 4.51. The van der Waals surface area contributed by atoms with Gasteiger partial charge in [0.15, 0.2) is 0 Å². The van der Waals surface area contributed by atoms with Crippen molar-refractivity contribution in [3.63, 3.8) is 0 Å². The molecule has 1 saturated carbocycles. The van der Waals surface area contributed by atoms with Gasteiger partial charge in [-0.15, -0.1) is 0 Å². The van der Waals surface area contributed by atoms with Crippen LogP contribution in [0.3, 0.4) is 0 Å². The van der Waals surface area contributed by atoms with Crippen LogP contribution in [0.4, 0.5) is 18.9 Å². The summed E-state index contributed by atoms with van der Waals surface area (Å²) >= 11 is 12.0. The van der Waals surface area contributed by atoms with E-state index in [1.54, 1.807) is 18.2 Å². The molecule has 1 aliphatic carbocycles. The first-order valence-electron chi connectivity index (χ1n) is 6.15. The molecule has 1 aromatic rings. The minimum absolute atomic E-state index is 0.00370. The minimum Gasteiger partial charge on any atom is -0.380 e. The van der Waals surface area contributed by atoms with Crippen LogP contribution in [0.1, 0.15) is 25.7 Å². The van der Waals surface area contributed by atoms with Gasteiger partial charge in [0, 0.05) is 6.04 Å². The van der Waals surface area contributed by atoms with Crippen molar-refractivity contribution in [1.82, 2.24) is 0 Å². The van der Waals surface area contributed by atoms with E-state index in [2.05, 4.69) is 5.32 Å². The van der Waals surface area contributed by atoms with E-state index in [4.69, 9.17) is 23.2 Å². The number of para-hydroxylation sites is 1. The zero-order chi connectivity index (χ0) is 14.0. The molecule has 0 amide bonds. The van der Waals surface area contributed by atoms with Crippen LogP contribution in [0, 0.1) is 5.92 Å². The van der Waals surface area contributed by atoms with Crippen LogP contribution in [-0.4, -0.2) is 12.2 Å². The number of benzene rings is 1. The monoisotopic (exact) mass is 311 g/mol.